The first-order valence-corrected chi connectivity index (χ1v) is 13.5. The second-order valence-corrected chi connectivity index (χ2v) is 10.5. The molecule has 2 aliphatic rings. The third kappa shape index (κ3) is 7.93. The lowest BCUT2D eigenvalue weighted by atomic mass is 10.1. The van der Waals surface area contributed by atoms with Gasteiger partial charge in [-0.1, -0.05) is 13.3 Å². The number of nitrogens with two attached hydrogens (primary N) is 1. The van der Waals surface area contributed by atoms with Crippen molar-refractivity contribution >= 4 is 21.5 Å². The molecule has 2 saturated heterocycles. The van der Waals surface area contributed by atoms with Gasteiger partial charge in [0.25, 0.3) is 0 Å². The summed E-state index contributed by atoms with van der Waals surface area (Å²) in [5.74, 6) is -0.00741. The molecule has 3 rings (SSSR count). The van der Waals surface area contributed by atoms with Crippen molar-refractivity contribution in [2.45, 2.75) is 69.7 Å². The summed E-state index contributed by atoms with van der Waals surface area (Å²) in [6.07, 6.45) is 0.956. The van der Waals surface area contributed by atoms with Crippen LogP contribution in [0.5, 0.6) is 0 Å². The zero-order valence-corrected chi connectivity index (χ0v) is 19.8. The van der Waals surface area contributed by atoms with E-state index in [9.17, 15) is 18.8 Å². The first-order valence-electron chi connectivity index (χ1n) is 10.5. The number of hydrogen-bond acceptors (Lipinski definition) is 10. The molecular weight excluding hydrogens is 484 g/mol. The molecule has 2 aliphatic heterocycles. The lowest BCUT2D eigenvalue weighted by molar-refractivity contribution is -0.0476. The Morgan fingerprint density at radius 3 is 2.58 bits per heavy atom. The van der Waals surface area contributed by atoms with E-state index in [0.717, 1.165) is 23.8 Å². The Labute approximate surface area is 189 Å². The van der Waals surface area contributed by atoms with Gasteiger partial charge in [0.2, 0.25) is 0 Å². The van der Waals surface area contributed by atoms with Crippen molar-refractivity contribution in [3.05, 3.63) is 22.7 Å². The van der Waals surface area contributed by atoms with Crippen molar-refractivity contribution in [3.63, 3.8) is 0 Å². The lowest BCUT2D eigenvalue weighted by Gasteiger charge is -2.22. The molecule has 0 saturated carbocycles. The van der Waals surface area contributed by atoms with E-state index in [2.05, 4.69) is 9.51 Å². The predicted molar refractivity (Wildman–Crippen MR) is 113 cm³/mol. The van der Waals surface area contributed by atoms with Gasteiger partial charge in [0, 0.05) is 12.6 Å². The largest absolute Gasteiger partial charge is 0.472 e. The number of anilines is 1. The highest BCUT2D eigenvalue weighted by Crippen LogP contribution is 2.49. The zero-order valence-electron chi connectivity index (χ0n) is 18.0. The van der Waals surface area contributed by atoms with Gasteiger partial charge in [-0.2, -0.15) is 4.98 Å². The molecule has 0 aliphatic carbocycles. The quantitative estimate of drug-likeness (QED) is 0.306. The van der Waals surface area contributed by atoms with Gasteiger partial charge in [-0.25, -0.2) is 13.9 Å². The maximum absolute atomic E-state index is 12.5. The molecule has 0 bridgehead atoms. The van der Waals surface area contributed by atoms with Crippen LogP contribution in [-0.4, -0.2) is 61.9 Å². The van der Waals surface area contributed by atoms with Gasteiger partial charge in [0.1, 0.15) is 24.3 Å². The summed E-state index contributed by atoms with van der Waals surface area (Å²) >= 11 is 0. The van der Waals surface area contributed by atoms with Gasteiger partial charge in [0.15, 0.2) is 0 Å². The molecule has 188 valence electrons. The summed E-state index contributed by atoms with van der Waals surface area (Å²) in [5, 5.41) is 0. The van der Waals surface area contributed by atoms with Crippen molar-refractivity contribution in [1.82, 2.24) is 9.55 Å². The maximum Gasteiger partial charge on any atom is 0.472 e. The Morgan fingerprint density at radius 1 is 1.18 bits per heavy atom. The molecule has 3 heterocycles. The third-order valence-electron chi connectivity index (χ3n) is 5.25. The SMILES string of the molecule is CCCC1CCC(COP(=O)(O)O[C@H]2CC(n3ccc(N)nc3=O)OC2COP(=O)(O)O)O1. The summed E-state index contributed by atoms with van der Waals surface area (Å²) in [4.78, 5) is 43.9. The van der Waals surface area contributed by atoms with E-state index in [0.29, 0.717) is 6.42 Å². The topological polar surface area (TPSA) is 202 Å². The second kappa shape index (κ2) is 11.0. The number of hydrogen-bond donors (Lipinski definition) is 4. The van der Waals surface area contributed by atoms with E-state index in [4.69, 9.17) is 34.0 Å². The van der Waals surface area contributed by atoms with Crippen LogP contribution in [0.3, 0.4) is 0 Å². The van der Waals surface area contributed by atoms with Crippen LogP contribution in [0.25, 0.3) is 0 Å². The Hall–Kier alpha value is -1.18. The third-order valence-corrected chi connectivity index (χ3v) is 6.75. The van der Waals surface area contributed by atoms with E-state index in [1.54, 1.807) is 0 Å². The first-order chi connectivity index (χ1) is 15.5. The maximum atomic E-state index is 12.5. The number of aromatic nitrogens is 2. The molecule has 33 heavy (non-hydrogen) atoms. The number of phosphoric acid groups is 2. The van der Waals surface area contributed by atoms with Crippen LogP contribution in [0.2, 0.25) is 0 Å². The molecule has 1 aromatic heterocycles. The van der Waals surface area contributed by atoms with Gasteiger partial charge in [0.05, 0.1) is 25.4 Å². The van der Waals surface area contributed by atoms with Gasteiger partial charge in [-0.3, -0.25) is 18.1 Å². The fourth-order valence-electron chi connectivity index (χ4n) is 3.76. The Morgan fingerprint density at radius 2 is 1.91 bits per heavy atom. The van der Waals surface area contributed by atoms with Crippen LogP contribution in [0, 0.1) is 0 Å². The number of nitrogen functional groups attached to an aromatic ring is 1. The second-order valence-electron chi connectivity index (χ2n) is 7.85. The summed E-state index contributed by atoms with van der Waals surface area (Å²) in [5.41, 5.74) is 4.74. The van der Waals surface area contributed by atoms with Crippen molar-refractivity contribution in [1.29, 1.82) is 0 Å². The number of phosphoric ester groups is 2. The molecule has 0 amide bonds. The fourth-order valence-corrected chi connectivity index (χ4v) is 5.08. The standard InChI is InChI=1S/C17H29N3O11P2/c1-2-3-11-4-5-12(29-11)9-28-33(25,26)31-13-8-16(20-7-6-15(18)19-17(20)21)30-14(13)10-27-32(22,23)24/h6-7,11-14,16H,2-5,8-10H2,1H3,(H,25,26)(H2,18,19,21)(H2,22,23,24)/t11?,12?,13-,14?,16?/m0/s1. The first kappa shape index (κ1) is 26.4. The van der Waals surface area contributed by atoms with Gasteiger partial charge in [-0.15, -0.1) is 0 Å². The molecule has 0 spiro atoms. The molecule has 0 aromatic carbocycles. The van der Waals surface area contributed by atoms with Gasteiger partial charge in [-0.05, 0) is 25.3 Å². The van der Waals surface area contributed by atoms with Crippen LogP contribution in [0.15, 0.2) is 17.1 Å². The van der Waals surface area contributed by atoms with Gasteiger partial charge < -0.3 is 29.9 Å². The van der Waals surface area contributed by atoms with Crippen molar-refractivity contribution in [3.8, 4) is 0 Å². The molecule has 5 N–H and O–H groups in total. The average Bonchev–Trinajstić information content (AvgIpc) is 3.31. The van der Waals surface area contributed by atoms with Crippen LogP contribution < -0.4 is 11.4 Å². The normalized spacial score (nSPS) is 29.9. The number of ether oxygens (including phenoxy) is 2. The molecule has 16 heteroatoms. The minimum Gasteiger partial charge on any atom is -0.383 e. The van der Waals surface area contributed by atoms with Gasteiger partial charge >= 0.3 is 21.3 Å². The van der Waals surface area contributed by atoms with E-state index in [-0.39, 0.29) is 31.1 Å². The van der Waals surface area contributed by atoms with Crippen molar-refractivity contribution in [2.24, 2.45) is 0 Å². The Balaban J connectivity index is 1.64. The number of rotatable bonds is 11. The molecule has 0 radical (unpaired) electrons. The molecule has 1 aromatic rings. The highest BCUT2D eigenvalue weighted by molar-refractivity contribution is 7.47. The molecule has 14 nitrogen and oxygen atoms in total. The van der Waals surface area contributed by atoms with Crippen molar-refractivity contribution < 1.29 is 46.9 Å². The van der Waals surface area contributed by atoms with E-state index in [1.165, 1.54) is 12.3 Å². The molecule has 2 fully saturated rings. The molecule has 6 atom stereocenters. The molecule has 5 unspecified atom stereocenters. The van der Waals surface area contributed by atoms with Crippen LogP contribution in [0.4, 0.5) is 5.82 Å². The monoisotopic (exact) mass is 513 g/mol. The minimum absolute atomic E-state index is 0.00741. The zero-order chi connectivity index (χ0) is 24.2. The fraction of sp³-hybridized carbons (Fsp3) is 0.765. The lowest BCUT2D eigenvalue weighted by Crippen LogP contribution is -2.29. The van der Waals surface area contributed by atoms with Crippen LogP contribution >= 0.6 is 15.6 Å². The highest BCUT2D eigenvalue weighted by Gasteiger charge is 2.43. The van der Waals surface area contributed by atoms with E-state index in [1.807, 2.05) is 6.92 Å². The summed E-state index contributed by atoms with van der Waals surface area (Å²) in [6, 6.07) is 1.35. The Bertz CT molecular complexity index is 954. The van der Waals surface area contributed by atoms with Crippen LogP contribution in [0.1, 0.15) is 45.3 Å². The highest BCUT2D eigenvalue weighted by atomic mass is 31.2. The average molecular weight is 513 g/mol. The molecular formula is C17H29N3O11P2. The Kier molecular flexibility index (Phi) is 8.84. The smallest absolute Gasteiger partial charge is 0.383 e. The van der Waals surface area contributed by atoms with Crippen LogP contribution in [-0.2, 0) is 32.2 Å². The van der Waals surface area contributed by atoms with E-state index < -0.39 is 46.4 Å². The summed E-state index contributed by atoms with van der Waals surface area (Å²) < 4.78 is 50.9. The summed E-state index contributed by atoms with van der Waals surface area (Å²) in [7, 11) is -9.46. The predicted octanol–water partition coefficient (Wildman–Crippen LogP) is 1.07. The van der Waals surface area contributed by atoms with Crippen molar-refractivity contribution in [2.75, 3.05) is 18.9 Å². The number of nitrogens with zero attached hydrogens (tertiary/aromatic N) is 2. The minimum atomic E-state index is -4.85. The van der Waals surface area contributed by atoms with E-state index >= 15 is 0 Å². The summed E-state index contributed by atoms with van der Waals surface area (Å²) in [6.45, 7) is 1.23.